The molecule has 0 saturated carbocycles. The Balaban J connectivity index is 1.63. The second-order valence-electron chi connectivity index (χ2n) is 9.09. The molecule has 0 fully saturated rings. The minimum Gasteiger partial charge on any atom is -0.324 e. The zero-order valence-corrected chi connectivity index (χ0v) is 20.8. The third kappa shape index (κ3) is 8.37. The molecule has 0 aliphatic rings. The molecule has 0 saturated heterocycles. The van der Waals surface area contributed by atoms with E-state index in [4.69, 9.17) is 9.79 Å². The Kier molecular flexibility index (Phi) is 10.1. The van der Waals surface area contributed by atoms with Gasteiger partial charge in [0.1, 0.15) is 0 Å². The number of unbranched alkanes of at least 4 members (excludes halogenated alkanes) is 7. The van der Waals surface area contributed by atoms with Crippen LogP contribution >= 0.6 is 7.60 Å². The van der Waals surface area contributed by atoms with Gasteiger partial charge >= 0.3 is 7.60 Å². The molecular weight excluding hydrogens is 429 g/mol. The molecule has 0 amide bonds. The van der Waals surface area contributed by atoms with Gasteiger partial charge in [-0.2, -0.15) is 0 Å². The summed E-state index contributed by atoms with van der Waals surface area (Å²) in [5.41, 5.74) is 6.05. The molecule has 178 valence electrons. The Hall–Kier alpha value is -2.00. The fraction of sp³-hybridized carbons (Fsp3) is 0.464. The van der Waals surface area contributed by atoms with Crippen molar-refractivity contribution < 1.29 is 14.4 Å². The van der Waals surface area contributed by atoms with Crippen LogP contribution in [0.2, 0.25) is 0 Å². The maximum atomic E-state index is 11.0. The quantitative estimate of drug-likeness (QED) is 0.188. The molecule has 4 nitrogen and oxygen atoms in total. The van der Waals surface area contributed by atoms with E-state index in [1.165, 1.54) is 60.8 Å². The third-order valence-corrected chi connectivity index (χ3v) is 7.23. The van der Waals surface area contributed by atoms with Gasteiger partial charge in [-0.05, 0) is 60.4 Å². The molecular formula is C28H38NO3P. The zero-order valence-electron chi connectivity index (χ0n) is 19.9. The van der Waals surface area contributed by atoms with E-state index in [0.29, 0.717) is 6.42 Å². The molecule has 2 N–H and O–H groups in total. The zero-order chi connectivity index (χ0) is 23.5. The van der Waals surface area contributed by atoms with Gasteiger partial charge in [0.15, 0.2) is 0 Å². The molecule has 0 spiro atoms. The lowest BCUT2D eigenvalue weighted by Crippen LogP contribution is -1.94. The normalized spacial score (nSPS) is 11.8. The number of nitrogens with zero attached hydrogens (tertiary/aromatic N) is 1. The van der Waals surface area contributed by atoms with Crippen LogP contribution in [-0.2, 0) is 17.4 Å². The summed E-state index contributed by atoms with van der Waals surface area (Å²) in [4.78, 5) is 22.7. The van der Waals surface area contributed by atoms with Gasteiger partial charge in [-0.1, -0.05) is 87.9 Å². The first-order valence-electron chi connectivity index (χ1n) is 12.5. The minimum absolute atomic E-state index is 0.0280. The molecule has 2 aromatic carbocycles. The molecule has 3 rings (SSSR count). The second kappa shape index (κ2) is 13.0. The molecule has 0 unspecified atom stereocenters. The summed E-state index contributed by atoms with van der Waals surface area (Å²) >= 11 is 0. The van der Waals surface area contributed by atoms with Gasteiger partial charge in [-0.3, -0.25) is 9.55 Å². The number of fused-ring (bicyclic) bond motifs is 1. The number of aryl methyl sites for hydroxylation is 2. The van der Waals surface area contributed by atoms with Crippen LogP contribution in [0.1, 0.15) is 75.8 Å². The highest BCUT2D eigenvalue weighted by atomic mass is 31.2. The van der Waals surface area contributed by atoms with E-state index in [-0.39, 0.29) is 6.16 Å². The SMILES string of the molecule is CCCCCCCCc1ccc(-c2ccc(CCCCCP(=O)(O)O)c3ncccc23)cc1. The highest BCUT2D eigenvalue weighted by Gasteiger charge is 2.12. The van der Waals surface area contributed by atoms with Gasteiger partial charge in [0.2, 0.25) is 0 Å². The van der Waals surface area contributed by atoms with Crippen molar-refractivity contribution in [2.24, 2.45) is 0 Å². The first-order valence-corrected chi connectivity index (χ1v) is 14.3. The molecule has 1 heterocycles. The van der Waals surface area contributed by atoms with Crippen LogP contribution in [0.15, 0.2) is 54.7 Å². The van der Waals surface area contributed by atoms with E-state index < -0.39 is 7.60 Å². The second-order valence-corrected chi connectivity index (χ2v) is 10.9. The van der Waals surface area contributed by atoms with Crippen molar-refractivity contribution in [3.05, 3.63) is 65.9 Å². The summed E-state index contributed by atoms with van der Waals surface area (Å²) in [6, 6.07) is 17.5. The summed E-state index contributed by atoms with van der Waals surface area (Å²) in [6.07, 6.45) is 14.0. The van der Waals surface area contributed by atoms with Gasteiger partial charge in [0.25, 0.3) is 0 Å². The van der Waals surface area contributed by atoms with Crippen LogP contribution in [0.5, 0.6) is 0 Å². The average molecular weight is 468 g/mol. The Morgan fingerprint density at radius 3 is 2.24 bits per heavy atom. The summed E-state index contributed by atoms with van der Waals surface area (Å²) < 4.78 is 11.0. The third-order valence-electron chi connectivity index (χ3n) is 6.33. The van der Waals surface area contributed by atoms with E-state index in [0.717, 1.165) is 36.6 Å². The maximum absolute atomic E-state index is 11.0. The Bertz CT molecular complexity index is 1040. The highest BCUT2D eigenvalue weighted by Crippen LogP contribution is 2.36. The molecule has 0 radical (unpaired) electrons. The van der Waals surface area contributed by atoms with Crippen LogP contribution < -0.4 is 0 Å². The van der Waals surface area contributed by atoms with Crippen molar-refractivity contribution in [1.29, 1.82) is 0 Å². The summed E-state index contributed by atoms with van der Waals surface area (Å²) in [5.74, 6) is 0. The lowest BCUT2D eigenvalue weighted by Gasteiger charge is -2.12. The molecule has 0 aliphatic heterocycles. The van der Waals surface area contributed by atoms with E-state index in [1.807, 2.05) is 12.3 Å². The minimum atomic E-state index is -3.89. The van der Waals surface area contributed by atoms with Gasteiger partial charge in [0, 0.05) is 17.7 Å². The molecule has 0 bridgehead atoms. The summed E-state index contributed by atoms with van der Waals surface area (Å²) in [7, 11) is -3.89. The first kappa shape index (κ1) is 25.6. The molecule has 0 aliphatic carbocycles. The topological polar surface area (TPSA) is 70.4 Å². The standard InChI is InChI=1S/C28H38NO3P/c1-2-3-4-5-6-8-12-23-15-17-24(18-16-23)26-20-19-25(28-27(26)14-11-21-29-28)13-9-7-10-22-33(30,31)32/h11,14-21H,2-10,12-13,22H2,1H3,(H2,30,31,32). The van der Waals surface area contributed by atoms with Gasteiger partial charge < -0.3 is 9.79 Å². The van der Waals surface area contributed by atoms with E-state index >= 15 is 0 Å². The van der Waals surface area contributed by atoms with E-state index in [1.54, 1.807) is 0 Å². The van der Waals surface area contributed by atoms with Crippen molar-refractivity contribution in [2.45, 2.75) is 77.6 Å². The van der Waals surface area contributed by atoms with Crippen LogP contribution in [-0.4, -0.2) is 20.9 Å². The summed E-state index contributed by atoms with van der Waals surface area (Å²) in [6.45, 7) is 2.26. The van der Waals surface area contributed by atoms with Gasteiger partial charge in [-0.25, -0.2) is 0 Å². The monoisotopic (exact) mass is 467 g/mol. The highest BCUT2D eigenvalue weighted by molar-refractivity contribution is 7.51. The predicted molar refractivity (Wildman–Crippen MR) is 139 cm³/mol. The molecule has 0 atom stereocenters. The van der Waals surface area contributed by atoms with Crippen LogP contribution in [0.3, 0.4) is 0 Å². The van der Waals surface area contributed by atoms with Crippen molar-refractivity contribution in [1.82, 2.24) is 4.98 Å². The van der Waals surface area contributed by atoms with Crippen LogP contribution in [0.4, 0.5) is 0 Å². The predicted octanol–water partition coefficient (Wildman–Crippen LogP) is 7.70. The Labute approximate surface area is 198 Å². The van der Waals surface area contributed by atoms with Crippen molar-refractivity contribution in [2.75, 3.05) is 6.16 Å². The van der Waals surface area contributed by atoms with Crippen molar-refractivity contribution in [3.63, 3.8) is 0 Å². The first-order chi connectivity index (χ1) is 16.0. The molecule has 33 heavy (non-hydrogen) atoms. The molecule has 3 aromatic rings. The molecule has 5 heteroatoms. The maximum Gasteiger partial charge on any atom is 0.325 e. The number of benzene rings is 2. The lowest BCUT2D eigenvalue weighted by atomic mass is 9.94. The van der Waals surface area contributed by atoms with Crippen LogP contribution in [0, 0.1) is 0 Å². The smallest absolute Gasteiger partial charge is 0.324 e. The Morgan fingerprint density at radius 1 is 0.788 bits per heavy atom. The fourth-order valence-electron chi connectivity index (χ4n) is 4.46. The molecule has 1 aromatic heterocycles. The fourth-order valence-corrected chi connectivity index (χ4v) is 5.09. The lowest BCUT2D eigenvalue weighted by molar-refractivity contribution is 0.371. The largest absolute Gasteiger partial charge is 0.325 e. The van der Waals surface area contributed by atoms with Crippen molar-refractivity contribution in [3.8, 4) is 11.1 Å². The number of rotatable bonds is 14. The van der Waals surface area contributed by atoms with E-state index in [9.17, 15) is 4.57 Å². The number of pyridine rings is 1. The average Bonchev–Trinajstić information content (AvgIpc) is 2.81. The van der Waals surface area contributed by atoms with Gasteiger partial charge in [0.05, 0.1) is 5.52 Å². The Morgan fingerprint density at radius 2 is 1.48 bits per heavy atom. The number of aromatic nitrogens is 1. The van der Waals surface area contributed by atoms with Crippen LogP contribution in [0.25, 0.3) is 22.0 Å². The van der Waals surface area contributed by atoms with E-state index in [2.05, 4.69) is 54.4 Å². The number of hydrogen-bond acceptors (Lipinski definition) is 2. The summed E-state index contributed by atoms with van der Waals surface area (Å²) in [5, 5.41) is 1.16. The van der Waals surface area contributed by atoms with Gasteiger partial charge in [-0.15, -0.1) is 0 Å². The number of hydrogen-bond donors (Lipinski definition) is 2. The van der Waals surface area contributed by atoms with Crippen molar-refractivity contribution >= 4 is 18.5 Å².